The minimum absolute atomic E-state index is 0.664. The summed E-state index contributed by atoms with van der Waals surface area (Å²) in [6, 6.07) is 0. The molecule has 0 N–H and O–H groups in total. The van der Waals surface area contributed by atoms with Crippen LogP contribution >= 0.6 is 0 Å². The van der Waals surface area contributed by atoms with Crippen LogP contribution in [0.3, 0.4) is 0 Å². The van der Waals surface area contributed by atoms with Gasteiger partial charge in [-0.2, -0.15) is 0 Å². The summed E-state index contributed by atoms with van der Waals surface area (Å²) in [5.41, 5.74) is 1.09. The molecular formula is C38H76O2. The van der Waals surface area contributed by atoms with E-state index in [0.717, 1.165) is 18.8 Å². The molecule has 2 nitrogen and oxygen atoms in total. The van der Waals surface area contributed by atoms with E-state index < -0.39 is 0 Å². The normalized spacial score (nSPS) is 11.4. The molecule has 0 aromatic rings. The Morgan fingerprint density at radius 1 is 0.325 bits per heavy atom. The van der Waals surface area contributed by atoms with Gasteiger partial charge in [-0.15, -0.1) is 0 Å². The Balaban J connectivity index is 3.14. The molecule has 0 spiro atoms. The first kappa shape index (κ1) is 39.7. The lowest BCUT2D eigenvalue weighted by Crippen LogP contribution is -2.06. The molecule has 2 heteroatoms. The van der Waals surface area contributed by atoms with Gasteiger partial charge in [0.15, 0.2) is 0 Å². The maximum absolute atomic E-state index is 5.81. The van der Waals surface area contributed by atoms with Crippen LogP contribution in [-0.4, -0.2) is 26.4 Å². The maximum Gasteiger partial charge on any atom is 0.0696 e. The average molecular weight is 565 g/mol. The van der Waals surface area contributed by atoms with Crippen LogP contribution in [-0.2, 0) is 9.47 Å². The highest BCUT2D eigenvalue weighted by Crippen LogP contribution is 2.15. The van der Waals surface area contributed by atoms with E-state index in [2.05, 4.69) is 20.4 Å². The van der Waals surface area contributed by atoms with Crippen LogP contribution in [0.1, 0.15) is 206 Å². The molecule has 0 bridgehead atoms. The Hall–Kier alpha value is -0.340. The van der Waals surface area contributed by atoms with E-state index in [1.54, 1.807) is 0 Å². The van der Waals surface area contributed by atoms with Crippen molar-refractivity contribution in [2.24, 2.45) is 0 Å². The lowest BCUT2D eigenvalue weighted by atomic mass is 10.0. The van der Waals surface area contributed by atoms with E-state index >= 15 is 0 Å². The third kappa shape index (κ3) is 35.7. The summed E-state index contributed by atoms with van der Waals surface area (Å²) in [6.45, 7) is 11.8. The topological polar surface area (TPSA) is 18.5 Å². The summed E-state index contributed by atoms with van der Waals surface area (Å²) < 4.78 is 11.6. The Morgan fingerprint density at radius 2 is 0.525 bits per heavy atom. The zero-order chi connectivity index (χ0) is 29.0. The van der Waals surface area contributed by atoms with Crippen LogP contribution in [0.4, 0.5) is 0 Å². The molecule has 0 radical (unpaired) electrons. The van der Waals surface area contributed by atoms with Crippen molar-refractivity contribution in [1.29, 1.82) is 0 Å². The summed E-state index contributed by atoms with van der Waals surface area (Å²) in [7, 11) is 0. The van der Waals surface area contributed by atoms with Crippen molar-refractivity contribution < 1.29 is 9.47 Å². The van der Waals surface area contributed by atoms with Gasteiger partial charge in [0.2, 0.25) is 0 Å². The monoisotopic (exact) mass is 565 g/mol. The van der Waals surface area contributed by atoms with E-state index in [1.807, 2.05) is 0 Å². The van der Waals surface area contributed by atoms with E-state index in [9.17, 15) is 0 Å². The van der Waals surface area contributed by atoms with E-state index in [1.165, 1.54) is 193 Å². The first-order valence-corrected chi connectivity index (χ1v) is 18.6. The van der Waals surface area contributed by atoms with Gasteiger partial charge in [-0.3, -0.25) is 0 Å². The largest absolute Gasteiger partial charge is 0.377 e. The predicted molar refractivity (Wildman–Crippen MR) is 181 cm³/mol. The molecule has 0 heterocycles. The van der Waals surface area contributed by atoms with Crippen LogP contribution < -0.4 is 0 Å². The number of hydrogen-bond donors (Lipinski definition) is 0. The average Bonchev–Trinajstić information content (AvgIpc) is 2.96. The van der Waals surface area contributed by atoms with Gasteiger partial charge in [0, 0.05) is 13.2 Å². The van der Waals surface area contributed by atoms with Gasteiger partial charge in [0.05, 0.1) is 13.2 Å². The molecule has 0 aromatic heterocycles. The molecule has 0 aromatic carbocycles. The molecule has 240 valence electrons. The van der Waals surface area contributed by atoms with Gasteiger partial charge in [-0.1, -0.05) is 200 Å². The third-order valence-electron chi connectivity index (χ3n) is 8.40. The van der Waals surface area contributed by atoms with Gasteiger partial charge < -0.3 is 9.47 Å². The fourth-order valence-corrected chi connectivity index (χ4v) is 5.63. The molecule has 0 amide bonds. The van der Waals surface area contributed by atoms with Crippen molar-refractivity contribution in [3.63, 3.8) is 0 Å². The second-order valence-electron chi connectivity index (χ2n) is 12.8. The molecule has 0 unspecified atom stereocenters. The summed E-state index contributed by atoms with van der Waals surface area (Å²) >= 11 is 0. The zero-order valence-corrected chi connectivity index (χ0v) is 28.1. The van der Waals surface area contributed by atoms with E-state index in [0.29, 0.717) is 13.2 Å². The molecule has 40 heavy (non-hydrogen) atoms. The van der Waals surface area contributed by atoms with Gasteiger partial charge in [-0.05, 0) is 18.4 Å². The number of hydrogen-bond acceptors (Lipinski definition) is 2. The van der Waals surface area contributed by atoms with Crippen LogP contribution in [0.25, 0.3) is 0 Å². The highest BCUT2D eigenvalue weighted by molar-refractivity contribution is 4.94. The van der Waals surface area contributed by atoms with Crippen molar-refractivity contribution in [3.05, 3.63) is 12.2 Å². The molecular weight excluding hydrogens is 488 g/mol. The van der Waals surface area contributed by atoms with Crippen molar-refractivity contribution in [2.75, 3.05) is 26.4 Å². The van der Waals surface area contributed by atoms with Crippen molar-refractivity contribution >= 4 is 0 Å². The Bertz CT molecular complexity index is 420. The smallest absolute Gasteiger partial charge is 0.0696 e. The van der Waals surface area contributed by atoms with Crippen molar-refractivity contribution in [1.82, 2.24) is 0 Å². The third-order valence-corrected chi connectivity index (χ3v) is 8.40. The summed E-state index contributed by atoms with van der Waals surface area (Å²) in [4.78, 5) is 0. The van der Waals surface area contributed by atoms with Crippen LogP contribution in [0.5, 0.6) is 0 Å². The second kappa shape index (κ2) is 36.7. The highest BCUT2D eigenvalue weighted by Gasteiger charge is 1.99. The Morgan fingerprint density at radius 3 is 0.750 bits per heavy atom. The van der Waals surface area contributed by atoms with Gasteiger partial charge in [0.1, 0.15) is 0 Å². The van der Waals surface area contributed by atoms with Crippen LogP contribution in [0.2, 0.25) is 0 Å². The van der Waals surface area contributed by atoms with E-state index in [-0.39, 0.29) is 0 Å². The van der Waals surface area contributed by atoms with Gasteiger partial charge in [0.25, 0.3) is 0 Å². The Labute approximate surface area is 254 Å². The summed E-state index contributed by atoms with van der Waals surface area (Å²) in [5.74, 6) is 0. The molecule has 0 saturated heterocycles. The minimum atomic E-state index is 0.664. The SMILES string of the molecule is C=C(COCCCCCCCCCCCCCCCCC)COCCCCCCCCCCCCCCCCC. The molecule has 0 aliphatic carbocycles. The van der Waals surface area contributed by atoms with E-state index in [4.69, 9.17) is 9.47 Å². The molecule has 0 aliphatic heterocycles. The Kier molecular flexibility index (Phi) is 36.4. The molecule has 0 fully saturated rings. The minimum Gasteiger partial charge on any atom is -0.377 e. The van der Waals surface area contributed by atoms with Crippen molar-refractivity contribution in [3.8, 4) is 0 Å². The van der Waals surface area contributed by atoms with Crippen LogP contribution in [0.15, 0.2) is 12.2 Å². The fraction of sp³-hybridized carbons (Fsp3) is 0.947. The molecule has 0 saturated carbocycles. The van der Waals surface area contributed by atoms with Crippen molar-refractivity contribution in [2.45, 2.75) is 206 Å². The highest BCUT2D eigenvalue weighted by atomic mass is 16.5. The fourth-order valence-electron chi connectivity index (χ4n) is 5.63. The lowest BCUT2D eigenvalue weighted by Gasteiger charge is -2.09. The first-order valence-electron chi connectivity index (χ1n) is 18.6. The maximum atomic E-state index is 5.81. The number of rotatable bonds is 36. The molecule has 0 rings (SSSR count). The lowest BCUT2D eigenvalue weighted by molar-refractivity contribution is 0.115. The first-order chi connectivity index (χ1) is 19.8. The predicted octanol–water partition coefficient (Wildman–Crippen LogP) is 13.3. The number of unbranched alkanes of at least 4 members (excludes halogenated alkanes) is 28. The second-order valence-corrected chi connectivity index (χ2v) is 12.8. The van der Waals surface area contributed by atoms with Gasteiger partial charge in [-0.25, -0.2) is 0 Å². The van der Waals surface area contributed by atoms with Gasteiger partial charge >= 0.3 is 0 Å². The summed E-state index contributed by atoms with van der Waals surface area (Å²) in [6.07, 6.45) is 42.2. The number of ether oxygens (including phenoxy) is 2. The van der Waals surface area contributed by atoms with Crippen LogP contribution in [0, 0.1) is 0 Å². The zero-order valence-electron chi connectivity index (χ0n) is 28.1. The quantitative estimate of drug-likeness (QED) is 0.0556. The summed E-state index contributed by atoms with van der Waals surface area (Å²) in [5, 5.41) is 0. The molecule has 0 atom stereocenters. The standard InChI is InChI=1S/C38H76O2/c1-4-6-8-10-12-14-16-18-20-22-24-26-28-30-32-34-39-36-38(3)37-40-35-33-31-29-27-25-23-21-19-17-15-13-11-9-7-5-2/h3-37H2,1-2H3. The molecule has 0 aliphatic rings.